The number of hydrogen-bond donors (Lipinski definition) is 2. The van der Waals surface area contributed by atoms with E-state index in [2.05, 4.69) is 17.1 Å². The van der Waals surface area contributed by atoms with Crippen LogP contribution < -0.4 is 5.32 Å². The number of aliphatic hydroxyl groups is 1. The van der Waals surface area contributed by atoms with Crippen molar-refractivity contribution in [2.75, 3.05) is 39.3 Å². The summed E-state index contributed by atoms with van der Waals surface area (Å²) in [5, 5.41) is 13.1. The average molecular weight is 269 g/mol. The van der Waals surface area contributed by atoms with Gasteiger partial charge in [0.1, 0.15) is 0 Å². The van der Waals surface area contributed by atoms with E-state index in [1.165, 1.54) is 0 Å². The fourth-order valence-corrected chi connectivity index (χ4v) is 3.04. The summed E-state index contributed by atoms with van der Waals surface area (Å²) in [5.74, 6) is 0.704. The van der Waals surface area contributed by atoms with Crippen molar-refractivity contribution in [3.63, 3.8) is 0 Å². The number of carbonyl (C=O) groups is 1. The first-order valence-corrected chi connectivity index (χ1v) is 7.34. The molecule has 2 N–H and O–H groups in total. The van der Waals surface area contributed by atoms with Gasteiger partial charge in [0.25, 0.3) is 0 Å². The predicted molar refractivity (Wildman–Crippen MR) is 74.9 cm³/mol. The van der Waals surface area contributed by atoms with Crippen LogP contribution in [-0.2, 0) is 4.79 Å². The third kappa shape index (κ3) is 3.91. The van der Waals surface area contributed by atoms with E-state index < -0.39 is 5.60 Å². The quantitative estimate of drug-likeness (QED) is 0.751. The lowest BCUT2D eigenvalue weighted by atomic mass is 10.0. The van der Waals surface area contributed by atoms with Gasteiger partial charge in [-0.2, -0.15) is 0 Å². The van der Waals surface area contributed by atoms with Gasteiger partial charge < -0.3 is 15.3 Å². The summed E-state index contributed by atoms with van der Waals surface area (Å²) in [5.41, 5.74) is -0.659. The minimum absolute atomic E-state index is 0.0147. The Bertz CT molecular complexity index is 319. The summed E-state index contributed by atoms with van der Waals surface area (Å²) in [6.45, 7) is 10.7. The second kappa shape index (κ2) is 5.77. The molecule has 2 atom stereocenters. The Morgan fingerprint density at radius 3 is 2.42 bits per heavy atom. The van der Waals surface area contributed by atoms with Gasteiger partial charge in [-0.15, -0.1) is 0 Å². The number of carbonyl (C=O) groups excluding carboxylic acids is 1. The minimum Gasteiger partial charge on any atom is -0.389 e. The van der Waals surface area contributed by atoms with Crippen molar-refractivity contribution in [1.82, 2.24) is 15.1 Å². The number of hydrogen-bond acceptors (Lipinski definition) is 4. The number of amides is 1. The first-order chi connectivity index (χ1) is 8.87. The molecule has 2 aliphatic heterocycles. The van der Waals surface area contributed by atoms with E-state index in [0.29, 0.717) is 12.5 Å². The number of nitrogens with zero attached hydrogens (tertiary/aromatic N) is 2. The summed E-state index contributed by atoms with van der Waals surface area (Å²) in [7, 11) is 0. The molecule has 0 aliphatic carbocycles. The molecule has 0 saturated carbocycles. The Hall–Kier alpha value is -0.650. The highest BCUT2D eigenvalue weighted by Crippen LogP contribution is 2.18. The molecule has 2 rings (SSSR count). The van der Waals surface area contributed by atoms with Gasteiger partial charge in [0.05, 0.1) is 11.6 Å². The first kappa shape index (κ1) is 14.8. The zero-order chi connectivity index (χ0) is 14.0. The van der Waals surface area contributed by atoms with Gasteiger partial charge in [0, 0.05) is 32.7 Å². The van der Waals surface area contributed by atoms with Crippen LogP contribution in [0, 0.1) is 5.92 Å². The Balaban J connectivity index is 1.81. The fourth-order valence-electron chi connectivity index (χ4n) is 3.04. The molecule has 2 fully saturated rings. The molecular weight excluding hydrogens is 242 g/mol. The van der Waals surface area contributed by atoms with Gasteiger partial charge in [-0.25, -0.2) is 0 Å². The highest BCUT2D eigenvalue weighted by atomic mass is 16.3. The topological polar surface area (TPSA) is 55.8 Å². The highest BCUT2D eigenvalue weighted by molar-refractivity contribution is 5.82. The van der Waals surface area contributed by atoms with Crippen LogP contribution in [0.5, 0.6) is 0 Å². The second-order valence-electron chi connectivity index (χ2n) is 6.61. The first-order valence-electron chi connectivity index (χ1n) is 7.34. The van der Waals surface area contributed by atoms with Gasteiger partial charge >= 0.3 is 0 Å². The van der Waals surface area contributed by atoms with Crippen LogP contribution in [-0.4, -0.2) is 71.7 Å². The summed E-state index contributed by atoms with van der Waals surface area (Å²) in [6, 6.07) is 0.0147. The van der Waals surface area contributed by atoms with Crippen LogP contribution in [0.25, 0.3) is 0 Å². The van der Waals surface area contributed by atoms with E-state index >= 15 is 0 Å². The Labute approximate surface area is 115 Å². The molecule has 2 saturated heterocycles. The minimum atomic E-state index is -0.659. The van der Waals surface area contributed by atoms with E-state index in [1.54, 1.807) is 0 Å². The summed E-state index contributed by atoms with van der Waals surface area (Å²) < 4.78 is 0. The van der Waals surface area contributed by atoms with E-state index in [1.807, 2.05) is 18.7 Å². The molecule has 0 radical (unpaired) electrons. The molecule has 0 bridgehead atoms. The molecule has 1 amide bonds. The zero-order valence-corrected chi connectivity index (χ0v) is 12.4. The number of nitrogens with one attached hydrogen (secondary N) is 1. The standard InChI is InChI=1S/C14H27N3O2/c1-11-4-5-15-12(11)13(18)17-8-6-16(7-9-17)10-14(2,3)19/h11-12,15,19H,4-10H2,1-3H3. The van der Waals surface area contributed by atoms with Crippen LogP contribution in [0.1, 0.15) is 27.2 Å². The van der Waals surface area contributed by atoms with Crippen molar-refractivity contribution >= 4 is 5.91 Å². The normalized spacial score (nSPS) is 29.8. The molecule has 0 aromatic rings. The smallest absolute Gasteiger partial charge is 0.240 e. The number of piperazine rings is 1. The van der Waals surface area contributed by atoms with Crippen molar-refractivity contribution < 1.29 is 9.90 Å². The second-order valence-corrected chi connectivity index (χ2v) is 6.61. The monoisotopic (exact) mass is 269 g/mol. The number of rotatable bonds is 3. The molecule has 19 heavy (non-hydrogen) atoms. The average Bonchev–Trinajstić information content (AvgIpc) is 2.73. The van der Waals surface area contributed by atoms with Gasteiger partial charge in [-0.3, -0.25) is 9.69 Å². The van der Waals surface area contributed by atoms with E-state index in [-0.39, 0.29) is 11.9 Å². The molecule has 0 spiro atoms. The van der Waals surface area contributed by atoms with Crippen molar-refractivity contribution in [1.29, 1.82) is 0 Å². The van der Waals surface area contributed by atoms with Crippen molar-refractivity contribution in [2.45, 2.75) is 38.8 Å². The highest BCUT2D eigenvalue weighted by Gasteiger charge is 2.34. The molecule has 2 unspecified atom stereocenters. The largest absolute Gasteiger partial charge is 0.389 e. The van der Waals surface area contributed by atoms with Crippen LogP contribution in [0.15, 0.2) is 0 Å². The third-order valence-corrected chi connectivity index (χ3v) is 4.09. The zero-order valence-electron chi connectivity index (χ0n) is 12.4. The predicted octanol–water partition coefficient (Wildman–Crippen LogP) is -0.100. The van der Waals surface area contributed by atoms with Crippen LogP contribution in [0.3, 0.4) is 0 Å². The van der Waals surface area contributed by atoms with E-state index in [4.69, 9.17) is 0 Å². The summed E-state index contributed by atoms with van der Waals surface area (Å²) >= 11 is 0. The van der Waals surface area contributed by atoms with Crippen molar-refractivity contribution in [3.8, 4) is 0 Å². The molecule has 0 aromatic carbocycles. The maximum Gasteiger partial charge on any atom is 0.240 e. The Kier molecular flexibility index (Phi) is 4.48. The lowest BCUT2D eigenvalue weighted by molar-refractivity contribution is -0.136. The molecule has 5 heteroatoms. The molecule has 2 aliphatic rings. The van der Waals surface area contributed by atoms with Crippen LogP contribution in [0.4, 0.5) is 0 Å². The molecule has 2 heterocycles. The Morgan fingerprint density at radius 2 is 1.95 bits per heavy atom. The van der Waals surface area contributed by atoms with Crippen LogP contribution >= 0.6 is 0 Å². The van der Waals surface area contributed by atoms with Gasteiger partial charge in [-0.05, 0) is 32.7 Å². The molecule has 0 aromatic heterocycles. The lowest BCUT2D eigenvalue weighted by Gasteiger charge is -2.38. The lowest BCUT2D eigenvalue weighted by Crippen LogP contribution is -2.55. The third-order valence-electron chi connectivity index (χ3n) is 4.09. The van der Waals surface area contributed by atoms with Gasteiger partial charge in [0.2, 0.25) is 5.91 Å². The SMILES string of the molecule is CC1CCNC1C(=O)N1CCN(CC(C)(C)O)CC1. The van der Waals surface area contributed by atoms with Crippen LogP contribution in [0.2, 0.25) is 0 Å². The van der Waals surface area contributed by atoms with E-state index in [0.717, 1.165) is 39.1 Å². The molecular formula is C14H27N3O2. The maximum absolute atomic E-state index is 12.4. The number of β-amino-alcohol motifs (C(OH)–C–C–N with tert-alkyl or cyclic N) is 1. The summed E-state index contributed by atoms with van der Waals surface area (Å²) in [4.78, 5) is 16.6. The van der Waals surface area contributed by atoms with Gasteiger partial charge in [0.15, 0.2) is 0 Å². The van der Waals surface area contributed by atoms with Gasteiger partial charge in [-0.1, -0.05) is 6.92 Å². The molecule has 110 valence electrons. The summed E-state index contributed by atoms with van der Waals surface area (Å²) in [6.07, 6.45) is 1.09. The Morgan fingerprint density at radius 1 is 1.32 bits per heavy atom. The maximum atomic E-state index is 12.4. The van der Waals surface area contributed by atoms with E-state index in [9.17, 15) is 9.90 Å². The van der Waals surface area contributed by atoms with Crippen molar-refractivity contribution in [2.24, 2.45) is 5.92 Å². The molecule has 5 nitrogen and oxygen atoms in total. The fraction of sp³-hybridized carbons (Fsp3) is 0.929. The van der Waals surface area contributed by atoms with Crippen molar-refractivity contribution in [3.05, 3.63) is 0 Å².